The lowest BCUT2D eigenvalue weighted by molar-refractivity contribution is -0.119. The number of aryl methyl sites for hydroxylation is 1. The Morgan fingerprint density at radius 3 is 2.89 bits per heavy atom. The molecule has 1 aromatic heterocycles. The third-order valence-corrected chi connectivity index (χ3v) is 4.22. The lowest BCUT2D eigenvalue weighted by atomic mass is 9.77. The van der Waals surface area contributed by atoms with Crippen molar-refractivity contribution in [3.8, 4) is 0 Å². The zero-order chi connectivity index (χ0) is 13.2. The maximum atomic E-state index is 12.1. The molecule has 0 spiro atoms. The van der Waals surface area contributed by atoms with E-state index in [9.17, 15) is 4.79 Å². The van der Waals surface area contributed by atoms with Gasteiger partial charge in [0.25, 0.3) is 0 Å². The number of fused-ring (bicyclic) bond motifs is 1. The molecule has 2 fully saturated rings. The monoisotopic (exact) mass is 264 g/mol. The van der Waals surface area contributed by atoms with Crippen LogP contribution in [0.3, 0.4) is 0 Å². The largest absolute Gasteiger partial charge is 0.408 e. The van der Waals surface area contributed by atoms with E-state index < -0.39 is 0 Å². The molecule has 19 heavy (non-hydrogen) atoms. The lowest BCUT2D eigenvalue weighted by Crippen LogP contribution is -2.53. The molecule has 1 saturated carbocycles. The fraction of sp³-hybridized carbons (Fsp3) is 0.769. The predicted octanol–water partition coefficient (Wildman–Crippen LogP) is 1.63. The van der Waals surface area contributed by atoms with Gasteiger partial charge in [0.05, 0.1) is 6.04 Å². The van der Waals surface area contributed by atoms with Crippen molar-refractivity contribution in [3.05, 3.63) is 5.89 Å². The summed E-state index contributed by atoms with van der Waals surface area (Å²) in [4.78, 5) is 12.1. The summed E-state index contributed by atoms with van der Waals surface area (Å²) in [6, 6.07) is 0.560. The number of carbonyl (C=O) groups excluding carboxylic acids is 1. The molecule has 6 heteroatoms. The molecule has 2 aliphatic rings. The Hall–Kier alpha value is -1.43. The van der Waals surface area contributed by atoms with E-state index in [1.165, 1.54) is 25.7 Å². The van der Waals surface area contributed by atoms with Crippen LogP contribution in [-0.2, 0) is 4.79 Å². The van der Waals surface area contributed by atoms with Crippen LogP contribution in [0.25, 0.3) is 0 Å². The van der Waals surface area contributed by atoms with Crippen molar-refractivity contribution in [3.63, 3.8) is 0 Å². The summed E-state index contributed by atoms with van der Waals surface area (Å²) in [5.74, 6) is 1.15. The molecule has 0 bridgehead atoms. The number of aromatic nitrogens is 2. The van der Waals surface area contributed by atoms with Crippen molar-refractivity contribution in [1.29, 1.82) is 0 Å². The van der Waals surface area contributed by atoms with Crippen LogP contribution in [0.4, 0.5) is 6.01 Å². The first-order valence-corrected chi connectivity index (χ1v) is 7.09. The third kappa shape index (κ3) is 2.78. The quantitative estimate of drug-likeness (QED) is 0.848. The van der Waals surface area contributed by atoms with Crippen LogP contribution in [-0.4, -0.2) is 28.2 Å². The highest BCUT2D eigenvalue weighted by molar-refractivity contribution is 5.93. The Labute approximate surface area is 112 Å². The SMILES string of the molecule is Cc1nnc(NC(=O)C2CCC3CCCCC3N2)o1. The minimum absolute atomic E-state index is 0.0623. The van der Waals surface area contributed by atoms with E-state index in [2.05, 4.69) is 20.8 Å². The Bertz CT molecular complexity index is 459. The van der Waals surface area contributed by atoms with Crippen LogP contribution in [0.1, 0.15) is 44.4 Å². The van der Waals surface area contributed by atoms with Crippen LogP contribution in [0, 0.1) is 12.8 Å². The highest BCUT2D eigenvalue weighted by Crippen LogP contribution is 2.32. The molecule has 1 aliphatic carbocycles. The number of piperidine rings is 1. The molecule has 3 atom stereocenters. The maximum absolute atomic E-state index is 12.1. The third-order valence-electron chi connectivity index (χ3n) is 4.22. The van der Waals surface area contributed by atoms with Gasteiger partial charge in [-0.25, -0.2) is 0 Å². The van der Waals surface area contributed by atoms with Crippen LogP contribution in [0.5, 0.6) is 0 Å². The van der Waals surface area contributed by atoms with Crippen LogP contribution < -0.4 is 10.6 Å². The first-order valence-electron chi connectivity index (χ1n) is 7.09. The summed E-state index contributed by atoms with van der Waals surface area (Å²) >= 11 is 0. The topological polar surface area (TPSA) is 80.0 Å². The number of nitrogens with one attached hydrogen (secondary N) is 2. The summed E-state index contributed by atoms with van der Waals surface area (Å²) in [7, 11) is 0. The lowest BCUT2D eigenvalue weighted by Gasteiger charge is -2.39. The number of hydrogen-bond acceptors (Lipinski definition) is 5. The summed E-state index contributed by atoms with van der Waals surface area (Å²) in [5.41, 5.74) is 0. The molecule has 3 unspecified atom stereocenters. The zero-order valence-electron chi connectivity index (χ0n) is 11.2. The fourth-order valence-corrected chi connectivity index (χ4v) is 3.24. The Balaban J connectivity index is 1.58. The van der Waals surface area contributed by atoms with Gasteiger partial charge >= 0.3 is 6.01 Å². The minimum Gasteiger partial charge on any atom is -0.408 e. The van der Waals surface area contributed by atoms with Gasteiger partial charge in [0, 0.05) is 13.0 Å². The standard InChI is InChI=1S/C13H20N4O2/c1-8-16-17-13(19-8)15-12(18)11-7-6-9-4-2-3-5-10(9)14-11/h9-11,14H,2-7H2,1H3,(H,15,17,18). The number of rotatable bonds is 2. The van der Waals surface area contributed by atoms with Gasteiger partial charge in [0.2, 0.25) is 11.8 Å². The highest BCUT2D eigenvalue weighted by Gasteiger charge is 2.34. The second-order valence-electron chi connectivity index (χ2n) is 5.56. The van der Waals surface area contributed by atoms with Crippen molar-refractivity contribution >= 4 is 11.9 Å². The van der Waals surface area contributed by atoms with E-state index in [0.717, 1.165) is 18.8 Å². The van der Waals surface area contributed by atoms with Gasteiger partial charge in [-0.15, -0.1) is 5.10 Å². The molecule has 6 nitrogen and oxygen atoms in total. The van der Waals surface area contributed by atoms with E-state index in [-0.39, 0.29) is 18.0 Å². The van der Waals surface area contributed by atoms with Crippen LogP contribution in [0.15, 0.2) is 4.42 Å². The van der Waals surface area contributed by atoms with Crippen LogP contribution in [0.2, 0.25) is 0 Å². The molecule has 2 heterocycles. The normalized spacial score (nSPS) is 30.7. The average molecular weight is 264 g/mol. The van der Waals surface area contributed by atoms with E-state index in [4.69, 9.17) is 4.42 Å². The molecule has 0 radical (unpaired) electrons. The van der Waals surface area contributed by atoms with Crippen molar-refractivity contribution in [2.24, 2.45) is 5.92 Å². The number of amides is 1. The summed E-state index contributed by atoms with van der Waals surface area (Å²) in [6.45, 7) is 1.70. The number of hydrogen-bond donors (Lipinski definition) is 2. The van der Waals surface area contributed by atoms with Gasteiger partial charge < -0.3 is 9.73 Å². The molecule has 1 aliphatic heterocycles. The smallest absolute Gasteiger partial charge is 0.322 e. The molecule has 2 N–H and O–H groups in total. The van der Waals surface area contributed by atoms with Gasteiger partial charge in [-0.3, -0.25) is 10.1 Å². The number of anilines is 1. The molecule has 1 aromatic rings. The van der Waals surface area contributed by atoms with E-state index in [1.807, 2.05) is 0 Å². The molecular formula is C13H20N4O2. The Morgan fingerprint density at radius 1 is 1.26 bits per heavy atom. The number of nitrogens with zero attached hydrogens (tertiary/aromatic N) is 2. The first-order chi connectivity index (χ1) is 9.22. The second kappa shape index (κ2) is 5.28. The van der Waals surface area contributed by atoms with Crippen molar-refractivity contribution < 1.29 is 9.21 Å². The minimum atomic E-state index is -0.133. The highest BCUT2D eigenvalue weighted by atomic mass is 16.4. The molecular weight excluding hydrogens is 244 g/mol. The second-order valence-corrected chi connectivity index (χ2v) is 5.56. The molecule has 104 valence electrons. The van der Waals surface area contributed by atoms with Gasteiger partial charge in [-0.05, 0) is 31.6 Å². The Morgan fingerprint density at radius 2 is 2.11 bits per heavy atom. The van der Waals surface area contributed by atoms with Crippen molar-refractivity contribution in [1.82, 2.24) is 15.5 Å². The maximum Gasteiger partial charge on any atom is 0.322 e. The van der Waals surface area contributed by atoms with E-state index >= 15 is 0 Å². The van der Waals surface area contributed by atoms with E-state index in [1.54, 1.807) is 6.92 Å². The van der Waals surface area contributed by atoms with Gasteiger partial charge in [0.15, 0.2) is 0 Å². The summed E-state index contributed by atoms with van der Waals surface area (Å²) in [6.07, 6.45) is 7.12. The Kier molecular flexibility index (Phi) is 3.50. The molecule has 0 aromatic carbocycles. The van der Waals surface area contributed by atoms with Gasteiger partial charge in [0.1, 0.15) is 0 Å². The number of carbonyl (C=O) groups is 1. The fourth-order valence-electron chi connectivity index (χ4n) is 3.24. The molecule has 3 rings (SSSR count). The molecule has 1 amide bonds. The summed E-state index contributed by atoms with van der Waals surface area (Å²) in [5, 5.41) is 13.7. The molecule has 1 saturated heterocycles. The first kappa shape index (κ1) is 12.6. The average Bonchev–Trinajstić information content (AvgIpc) is 2.83. The predicted molar refractivity (Wildman–Crippen MR) is 69.6 cm³/mol. The van der Waals surface area contributed by atoms with E-state index in [0.29, 0.717) is 11.9 Å². The van der Waals surface area contributed by atoms with Crippen molar-refractivity contribution in [2.45, 2.75) is 57.5 Å². The van der Waals surface area contributed by atoms with Crippen LogP contribution >= 0.6 is 0 Å². The van der Waals surface area contributed by atoms with Gasteiger partial charge in [-0.1, -0.05) is 17.9 Å². The zero-order valence-corrected chi connectivity index (χ0v) is 11.2. The van der Waals surface area contributed by atoms with Crippen molar-refractivity contribution in [2.75, 3.05) is 5.32 Å². The van der Waals surface area contributed by atoms with Gasteiger partial charge in [-0.2, -0.15) is 0 Å². The summed E-state index contributed by atoms with van der Waals surface area (Å²) < 4.78 is 5.17.